The van der Waals surface area contributed by atoms with Gasteiger partial charge in [-0.25, -0.2) is 9.97 Å². The molecule has 3 aromatic rings. The van der Waals surface area contributed by atoms with Gasteiger partial charge in [-0.1, -0.05) is 0 Å². The summed E-state index contributed by atoms with van der Waals surface area (Å²) >= 11 is 0. The molecule has 0 radical (unpaired) electrons. The highest BCUT2D eigenvalue weighted by molar-refractivity contribution is 5.97. The zero-order valence-corrected chi connectivity index (χ0v) is 9.71. The number of nitrogens with zero attached hydrogens (tertiary/aromatic N) is 2. The minimum absolute atomic E-state index is 0.672. The van der Waals surface area contributed by atoms with Crippen LogP contribution in [0.1, 0.15) is 22.9 Å². The molecule has 3 rings (SSSR count). The van der Waals surface area contributed by atoms with Gasteiger partial charge in [0.05, 0.1) is 0 Å². The topological polar surface area (TPSA) is 52.1 Å². The Morgan fingerprint density at radius 2 is 1.06 bits per heavy atom. The van der Waals surface area contributed by atoms with Crippen molar-refractivity contribution >= 4 is 22.2 Å². The van der Waals surface area contributed by atoms with Crippen LogP contribution in [-0.4, -0.2) is 9.97 Å². The largest absolute Gasteiger partial charge is 0.441 e. The molecular weight excluding hydrogens is 204 g/mol. The van der Waals surface area contributed by atoms with Crippen molar-refractivity contribution in [2.24, 2.45) is 0 Å². The molecule has 1 aromatic carbocycles. The summed E-state index contributed by atoms with van der Waals surface area (Å²) in [5, 5.41) is 0. The summed E-state index contributed by atoms with van der Waals surface area (Å²) in [6.45, 7) is 7.66. The molecule has 0 amide bonds. The molecule has 82 valence electrons. The van der Waals surface area contributed by atoms with Gasteiger partial charge in [0.15, 0.2) is 22.9 Å². The molecule has 2 aromatic heterocycles. The molecule has 4 nitrogen and oxygen atoms in total. The molecular formula is C12H12N2O2. The van der Waals surface area contributed by atoms with Crippen LogP contribution in [0.15, 0.2) is 8.83 Å². The van der Waals surface area contributed by atoms with E-state index in [2.05, 4.69) is 9.97 Å². The van der Waals surface area contributed by atoms with Crippen molar-refractivity contribution in [3.63, 3.8) is 0 Å². The van der Waals surface area contributed by atoms with Crippen molar-refractivity contribution in [1.29, 1.82) is 0 Å². The van der Waals surface area contributed by atoms with Crippen molar-refractivity contribution in [1.82, 2.24) is 9.97 Å². The van der Waals surface area contributed by atoms with Crippen LogP contribution in [0.3, 0.4) is 0 Å². The molecule has 0 saturated heterocycles. The van der Waals surface area contributed by atoms with E-state index in [1.165, 1.54) is 0 Å². The van der Waals surface area contributed by atoms with Crippen molar-refractivity contribution in [3.05, 3.63) is 22.9 Å². The molecule has 0 N–H and O–H groups in total. The van der Waals surface area contributed by atoms with E-state index in [0.717, 1.165) is 33.3 Å². The maximum atomic E-state index is 5.60. The van der Waals surface area contributed by atoms with E-state index in [9.17, 15) is 0 Å². The average Bonchev–Trinajstić information content (AvgIpc) is 2.78. The fourth-order valence-corrected chi connectivity index (χ4v) is 2.09. The van der Waals surface area contributed by atoms with Gasteiger partial charge in [-0.3, -0.25) is 0 Å². The van der Waals surface area contributed by atoms with E-state index in [0.29, 0.717) is 11.8 Å². The van der Waals surface area contributed by atoms with Gasteiger partial charge in [-0.15, -0.1) is 0 Å². The molecule has 0 aliphatic rings. The predicted octanol–water partition coefficient (Wildman–Crippen LogP) is 3.20. The molecule has 0 bridgehead atoms. The summed E-state index contributed by atoms with van der Waals surface area (Å²) in [5.41, 5.74) is 5.37. The lowest BCUT2D eigenvalue weighted by atomic mass is 10.1. The highest BCUT2D eigenvalue weighted by atomic mass is 16.4. The molecule has 0 aliphatic carbocycles. The van der Waals surface area contributed by atoms with Gasteiger partial charge in [0.25, 0.3) is 0 Å². The van der Waals surface area contributed by atoms with Crippen molar-refractivity contribution < 1.29 is 8.83 Å². The van der Waals surface area contributed by atoms with E-state index in [-0.39, 0.29) is 0 Å². The predicted molar refractivity (Wildman–Crippen MR) is 60.5 cm³/mol. The number of oxazole rings is 2. The molecule has 0 unspecified atom stereocenters. The zero-order valence-electron chi connectivity index (χ0n) is 9.71. The summed E-state index contributed by atoms with van der Waals surface area (Å²) in [4.78, 5) is 8.76. The van der Waals surface area contributed by atoms with Crippen LogP contribution < -0.4 is 0 Å². The SMILES string of the molecule is Cc1nc2c(C)c3oc(C)nc3c(C)c2o1. The molecule has 0 atom stereocenters. The lowest BCUT2D eigenvalue weighted by Gasteiger charge is -1.98. The minimum Gasteiger partial charge on any atom is -0.441 e. The van der Waals surface area contributed by atoms with Gasteiger partial charge in [0.2, 0.25) is 0 Å². The van der Waals surface area contributed by atoms with Crippen LogP contribution in [0.2, 0.25) is 0 Å². The van der Waals surface area contributed by atoms with Gasteiger partial charge in [0, 0.05) is 25.0 Å². The number of rotatable bonds is 0. The normalized spacial score (nSPS) is 11.8. The molecule has 0 fully saturated rings. The number of hydrogen-bond donors (Lipinski definition) is 0. The highest BCUT2D eigenvalue weighted by Gasteiger charge is 2.17. The monoisotopic (exact) mass is 216 g/mol. The number of fused-ring (bicyclic) bond motifs is 2. The van der Waals surface area contributed by atoms with Gasteiger partial charge < -0.3 is 8.83 Å². The second-order valence-electron chi connectivity index (χ2n) is 4.07. The Morgan fingerprint density at radius 3 is 1.44 bits per heavy atom. The molecule has 4 heteroatoms. The molecule has 16 heavy (non-hydrogen) atoms. The lowest BCUT2D eigenvalue weighted by Crippen LogP contribution is -1.84. The minimum atomic E-state index is 0.672. The Kier molecular flexibility index (Phi) is 1.67. The third-order valence-electron chi connectivity index (χ3n) is 2.86. The number of benzene rings is 1. The number of aryl methyl sites for hydroxylation is 4. The van der Waals surface area contributed by atoms with Crippen molar-refractivity contribution in [3.8, 4) is 0 Å². The first kappa shape index (κ1) is 9.39. The second-order valence-corrected chi connectivity index (χ2v) is 4.07. The van der Waals surface area contributed by atoms with E-state index < -0.39 is 0 Å². The standard InChI is InChI=1S/C12H12N2O2/c1-5-9-12(16-7(3)13-9)6(2)10-11(5)15-8(4)14-10/h1-4H3. The molecule has 0 saturated carbocycles. The molecule has 2 heterocycles. The Labute approximate surface area is 92.3 Å². The average molecular weight is 216 g/mol. The lowest BCUT2D eigenvalue weighted by molar-refractivity contribution is 0.558. The Bertz CT molecular complexity index is 592. The molecule has 0 spiro atoms. The van der Waals surface area contributed by atoms with Crippen LogP contribution in [0.25, 0.3) is 22.2 Å². The fraction of sp³-hybridized carbons (Fsp3) is 0.333. The second kappa shape index (κ2) is 2.84. The van der Waals surface area contributed by atoms with Gasteiger partial charge in [-0.2, -0.15) is 0 Å². The first-order chi connectivity index (χ1) is 7.58. The van der Waals surface area contributed by atoms with Gasteiger partial charge >= 0.3 is 0 Å². The summed E-state index contributed by atoms with van der Waals surface area (Å²) in [7, 11) is 0. The van der Waals surface area contributed by atoms with Crippen molar-refractivity contribution in [2.75, 3.05) is 0 Å². The Balaban J connectivity index is 2.63. The van der Waals surface area contributed by atoms with E-state index in [1.54, 1.807) is 0 Å². The maximum Gasteiger partial charge on any atom is 0.192 e. The van der Waals surface area contributed by atoms with Crippen molar-refractivity contribution in [2.45, 2.75) is 27.7 Å². The molecule has 0 aliphatic heterocycles. The third kappa shape index (κ3) is 1.04. The fourth-order valence-electron chi connectivity index (χ4n) is 2.09. The summed E-state index contributed by atoms with van der Waals surface area (Å²) in [6, 6.07) is 0. The van der Waals surface area contributed by atoms with Gasteiger partial charge in [0.1, 0.15) is 11.0 Å². The number of hydrogen-bond acceptors (Lipinski definition) is 4. The van der Waals surface area contributed by atoms with Crippen LogP contribution in [0.4, 0.5) is 0 Å². The van der Waals surface area contributed by atoms with E-state index >= 15 is 0 Å². The Hall–Kier alpha value is -1.84. The first-order valence-corrected chi connectivity index (χ1v) is 5.21. The number of aromatic nitrogens is 2. The quantitative estimate of drug-likeness (QED) is 0.579. The summed E-state index contributed by atoms with van der Waals surface area (Å²) < 4.78 is 11.2. The van der Waals surface area contributed by atoms with Gasteiger partial charge in [-0.05, 0) is 13.8 Å². The van der Waals surface area contributed by atoms with Crippen LogP contribution >= 0.6 is 0 Å². The maximum absolute atomic E-state index is 5.60. The summed E-state index contributed by atoms with van der Waals surface area (Å²) in [6.07, 6.45) is 0. The summed E-state index contributed by atoms with van der Waals surface area (Å²) in [5.74, 6) is 1.34. The van der Waals surface area contributed by atoms with Crippen LogP contribution in [-0.2, 0) is 0 Å². The van der Waals surface area contributed by atoms with E-state index in [4.69, 9.17) is 8.83 Å². The van der Waals surface area contributed by atoms with Crippen LogP contribution in [0.5, 0.6) is 0 Å². The zero-order chi connectivity index (χ0) is 11.4. The third-order valence-corrected chi connectivity index (χ3v) is 2.86. The van der Waals surface area contributed by atoms with E-state index in [1.807, 2.05) is 27.7 Å². The van der Waals surface area contributed by atoms with Crippen LogP contribution in [0, 0.1) is 27.7 Å². The Morgan fingerprint density at radius 1 is 0.688 bits per heavy atom. The first-order valence-electron chi connectivity index (χ1n) is 5.21. The smallest absolute Gasteiger partial charge is 0.192 e. The highest BCUT2D eigenvalue weighted by Crippen LogP contribution is 2.32.